The van der Waals surface area contributed by atoms with Gasteiger partial charge in [-0.15, -0.1) is 0 Å². The molecular weight excluding hydrogens is 446 g/mol. The first-order valence-electron chi connectivity index (χ1n) is 12.9. The highest BCUT2D eigenvalue weighted by Gasteiger charge is 2.53. The minimum Gasteiger partial charge on any atom is -0.305 e. The van der Waals surface area contributed by atoms with Crippen LogP contribution >= 0.6 is 0 Å². The Morgan fingerprint density at radius 3 is 2.36 bits per heavy atom. The second kappa shape index (κ2) is 8.03. The summed E-state index contributed by atoms with van der Waals surface area (Å²) in [5.74, 6) is 2.64. The largest absolute Gasteiger partial charge is 0.305 e. The number of aromatic amines is 1. The van der Waals surface area contributed by atoms with E-state index in [1.54, 1.807) is 12.1 Å². The van der Waals surface area contributed by atoms with Crippen LogP contribution in [0, 0.1) is 29.1 Å². The average Bonchev–Trinajstić information content (AvgIpc) is 3.32. The molecule has 36 heavy (non-hydrogen) atoms. The number of allylic oxidation sites excluding steroid dienone is 1. The van der Waals surface area contributed by atoms with Gasteiger partial charge in [0.1, 0.15) is 6.07 Å². The highest BCUT2D eigenvalue weighted by molar-refractivity contribution is 5.89. The lowest BCUT2D eigenvalue weighted by atomic mass is 9.48. The Morgan fingerprint density at radius 2 is 1.67 bits per heavy atom. The molecule has 2 aromatic carbocycles. The van der Waals surface area contributed by atoms with Crippen molar-refractivity contribution in [2.75, 3.05) is 0 Å². The summed E-state index contributed by atoms with van der Waals surface area (Å²) in [6.45, 7) is 0. The van der Waals surface area contributed by atoms with Gasteiger partial charge in [0, 0.05) is 17.2 Å². The Kier molecular flexibility index (Phi) is 4.75. The summed E-state index contributed by atoms with van der Waals surface area (Å²) in [7, 11) is 0. The van der Waals surface area contributed by atoms with E-state index in [4.69, 9.17) is 5.10 Å². The predicted molar refractivity (Wildman–Crippen MR) is 139 cm³/mol. The number of rotatable bonds is 4. The second-order valence-corrected chi connectivity index (χ2v) is 11.0. The normalized spacial score (nSPS) is 26.9. The number of benzene rings is 2. The molecule has 178 valence electrons. The van der Waals surface area contributed by atoms with Gasteiger partial charge in [0.15, 0.2) is 5.82 Å². The number of aromatic nitrogens is 4. The van der Waals surface area contributed by atoms with E-state index in [2.05, 4.69) is 28.2 Å². The lowest BCUT2D eigenvalue weighted by Gasteiger charge is -2.56. The Hall–Kier alpha value is -3.98. The minimum atomic E-state index is -0.238. The topological polar surface area (TPSA) is 87.4 Å². The van der Waals surface area contributed by atoms with E-state index in [1.165, 1.54) is 38.5 Å². The molecule has 0 saturated heterocycles. The smallest absolute Gasteiger partial charge is 0.259 e. The number of nitriles is 1. The van der Waals surface area contributed by atoms with Gasteiger partial charge < -0.3 is 4.98 Å². The Labute approximate surface area is 209 Å². The van der Waals surface area contributed by atoms with Crippen molar-refractivity contribution >= 4 is 22.6 Å². The fourth-order valence-electron chi connectivity index (χ4n) is 7.54. The molecule has 4 aliphatic rings. The first-order valence-corrected chi connectivity index (χ1v) is 12.9. The SMILES string of the molecule is N#CC(=Cc1cn(-c2ccccc2)nc1C12CC3CC(CC(C3)C1)C2)c1nc2ccccc2c(=O)[nH]1. The number of H-pyrrole nitrogens is 1. The molecule has 4 fully saturated rings. The monoisotopic (exact) mass is 473 g/mol. The number of para-hydroxylation sites is 2. The summed E-state index contributed by atoms with van der Waals surface area (Å²) in [5, 5.41) is 15.9. The van der Waals surface area contributed by atoms with Crippen LogP contribution in [0.15, 0.2) is 65.6 Å². The molecule has 0 amide bonds. The zero-order valence-electron chi connectivity index (χ0n) is 20.0. The van der Waals surface area contributed by atoms with Crippen LogP contribution in [0.1, 0.15) is 55.6 Å². The maximum absolute atomic E-state index is 12.7. The van der Waals surface area contributed by atoms with Gasteiger partial charge in [0.05, 0.1) is 27.9 Å². The van der Waals surface area contributed by atoms with Crippen LogP contribution < -0.4 is 5.56 Å². The van der Waals surface area contributed by atoms with Crippen molar-refractivity contribution in [3.8, 4) is 11.8 Å². The first kappa shape index (κ1) is 21.3. The van der Waals surface area contributed by atoms with E-state index >= 15 is 0 Å². The van der Waals surface area contributed by atoms with E-state index in [-0.39, 0.29) is 11.0 Å². The average molecular weight is 474 g/mol. The van der Waals surface area contributed by atoms with Gasteiger partial charge in [-0.1, -0.05) is 30.3 Å². The molecule has 2 aromatic heterocycles. The molecule has 4 bridgehead atoms. The third-order valence-electron chi connectivity index (χ3n) is 8.59. The summed E-state index contributed by atoms with van der Waals surface area (Å²) in [6, 6.07) is 19.7. The fourth-order valence-corrected chi connectivity index (χ4v) is 7.54. The maximum atomic E-state index is 12.7. The molecule has 8 rings (SSSR count). The van der Waals surface area contributed by atoms with Gasteiger partial charge in [0.2, 0.25) is 0 Å². The third-order valence-corrected chi connectivity index (χ3v) is 8.59. The molecule has 4 saturated carbocycles. The predicted octanol–water partition coefficient (Wildman–Crippen LogP) is 5.64. The first-order chi connectivity index (χ1) is 17.6. The maximum Gasteiger partial charge on any atom is 0.259 e. The van der Waals surface area contributed by atoms with Gasteiger partial charge in [-0.25, -0.2) is 9.67 Å². The summed E-state index contributed by atoms with van der Waals surface area (Å²) < 4.78 is 1.95. The Bertz CT molecular complexity index is 1570. The molecule has 4 aromatic rings. The molecule has 6 nitrogen and oxygen atoms in total. The van der Waals surface area contributed by atoms with Gasteiger partial charge in [-0.05, 0) is 86.6 Å². The van der Waals surface area contributed by atoms with Gasteiger partial charge in [-0.2, -0.15) is 10.4 Å². The highest BCUT2D eigenvalue weighted by Crippen LogP contribution is 2.61. The third kappa shape index (κ3) is 3.42. The van der Waals surface area contributed by atoms with Crippen LogP contribution in [0.3, 0.4) is 0 Å². The zero-order chi connectivity index (χ0) is 24.3. The van der Waals surface area contributed by atoms with Gasteiger partial charge in [-0.3, -0.25) is 4.79 Å². The van der Waals surface area contributed by atoms with Crippen LogP contribution in [0.2, 0.25) is 0 Å². The number of hydrogen-bond acceptors (Lipinski definition) is 4. The molecular formula is C30H27N5O. The van der Waals surface area contributed by atoms with E-state index in [0.29, 0.717) is 22.3 Å². The molecule has 4 aliphatic carbocycles. The van der Waals surface area contributed by atoms with E-state index in [1.807, 2.05) is 47.3 Å². The molecule has 0 aliphatic heterocycles. The molecule has 0 radical (unpaired) electrons. The number of hydrogen-bond donors (Lipinski definition) is 1. The quantitative estimate of drug-likeness (QED) is 0.389. The highest BCUT2D eigenvalue weighted by atomic mass is 16.1. The molecule has 2 heterocycles. The van der Waals surface area contributed by atoms with Crippen LogP contribution in [0.5, 0.6) is 0 Å². The zero-order valence-corrected chi connectivity index (χ0v) is 20.0. The van der Waals surface area contributed by atoms with Crippen LogP contribution in [-0.4, -0.2) is 19.7 Å². The van der Waals surface area contributed by atoms with Crippen LogP contribution in [-0.2, 0) is 5.41 Å². The number of nitrogens with one attached hydrogen (secondary N) is 1. The summed E-state index contributed by atoms with van der Waals surface area (Å²) in [6.07, 6.45) is 11.5. The van der Waals surface area contributed by atoms with E-state index in [9.17, 15) is 10.1 Å². The van der Waals surface area contributed by atoms with Crippen LogP contribution in [0.4, 0.5) is 0 Å². The molecule has 0 atom stereocenters. The second-order valence-electron chi connectivity index (χ2n) is 11.0. The Morgan fingerprint density at radius 1 is 1.00 bits per heavy atom. The standard InChI is InChI=1S/C30H27N5O/c31-17-22(28-32-26-9-5-4-8-25(26)29(36)33-28)13-23-18-35(24-6-2-1-3-7-24)34-27(23)30-14-19-10-20(15-30)12-21(11-19)16-30/h1-9,13,18-21H,10-12,14-16H2,(H,32,33,36). The van der Waals surface area contributed by atoms with Crippen molar-refractivity contribution in [2.24, 2.45) is 17.8 Å². The summed E-state index contributed by atoms with van der Waals surface area (Å²) in [5.41, 5.74) is 3.80. The van der Waals surface area contributed by atoms with Crippen molar-refractivity contribution in [3.63, 3.8) is 0 Å². The van der Waals surface area contributed by atoms with E-state index in [0.717, 1.165) is 34.7 Å². The van der Waals surface area contributed by atoms with Crippen molar-refractivity contribution in [1.82, 2.24) is 19.7 Å². The molecule has 0 unspecified atom stereocenters. The lowest BCUT2D eigenvalue weighted by molar-refractivity contribution is -0.00742. The Balaban J connectivity index is 1.39. The number of fused-ring (bicyclic) bond motifs is 1. The number of nitrogens with zero attached hydrogens (tertiary/aromatic N) is 4. The minimum absolute atomic E-state index is 0.0609. The van der Waals surface area contributed by atoms with Crippen molar-refractivity contribution in [1.29, 1.82) is 5.26 Å². The van der Waals surface area contributed by atoms with Gasteiger partial charge in [0.25, 0.3) is 5.56 Å². The summed E-state index contributed by atoms with van der Waals surface area (Å²) in [4.78, 5) is 20.2. The van der Waals surface area contributed by atoms with Gasteiger partial charge >= 0.3 is 0 Å². The fraction of sp³-hybridized carbons (Fsp3) is 0.333. The van der Waals surface area contributed by atoms with E-state index < -0.39 is 0 Å². The van der Waals surface area contributed by atoms with Crippen molar-refractivity contribution < 1.29 is 0 Å². The van der Waals surface area contributed by atoms with Crippen molar-refractivity contribution in [3.05, 3.63) is 88.2 Å². The molecule has 6 heteroatoms. The summed E-state index contributed by atoms with van der Waals surface area (Å²) >= 11 is 0. The van der Waals surface area contributed by atoms with Crippen LogP contribution in [0.25, 0.3) is 28.2 Å². The molecule has 1 N–H and O–H groups in total. The van der Waals surface area contributed by atoms with Crippen molar-refractivity contribution in [2.45, 2.75) is 43.9 Å². The lowest BCUT2D eigenvalue weighted by Crippen LogP contribution is -2.49. The molecule has 0 spiro atoms.